The lowest BCUT2D eigenvalue weighted by Crippen LogP contribution is -2.13. The molecule has 0 spiro atoms. The first kappa shape index (κ1) is 12.2. The van der Waals surface area contributed by atoms with Crippen LogP contribution in [0.1, 0.15) is 25.5 Å². The summed E-state index contributed by atoms with van der Waals surface area (Å²) in [6.45, 7) is 4.41. The van der Waals surface area contributed by atoms with E-state index in [0.717, 1.165) is 38.2 Å². The molecule has 0 saturated carbocycles. The lowest BCUT2D eigenvalue weighted by molar-refractivity contribution is 0.164. The van der Waals surface area contributed by atoms with Gasteiger partial charge in [0.2, 0.25) is 5.88 Å². The Labute approximate surface area is 102 Å². The first-order valence-corrected chi connectivity index (χ1v) is 6.24. The molecule has 1 aromatic heterocycles. The Morgan fingerprint density at radius 1 is 1.59 bits per heavy atom. The van der Waals surface area contributed by atoms with E-state index >= 15 is 0 Å². The number of hydrogen-bond donors (Lipinski definition) is 1. The third-order valence-electron chi connectivity index (χ3n) is 3.07. The Morgan fingerprint density at radius 2 is 2.41 bits per heavy atom. The van der Waals surface area contributed by atoms with E-state index in [1.54, 1.807) is 4.68 Å². The first-order valence-electron chi connectivity index (χ1n) is 6.24. The molecule has 0 amide bonds. The van der Waals surface area contributed by atoms with Crippen molar-refractivity contribution < 1.29 is 9.47 Å². The highest BCUT2D eigenvalue weighted by Crippen LogP contribution is 2.26. The van der Waals surface area contributed by atoms with E-state index in [4.69, 9.17) is 15.2 Å². The zero-order valence-electron chi connectivity index (χ0n) is 10.6. The second-order valence-corrected chi connectivity index (χ2v) is 4.58. The quantitative estimate of drug-likeness (QED) is 0.843. The van der Waals surface area contributed by atoms with Crippen LogP contribution in [0, 0.1) is 5.92 Å². The van der Waals surface area contributed by atoms with Crippen LogP contribution in [-0.4, -0.2) is 29.6 Å². The number of nitrogens with two attached hydrogens (primary N) is 1. The zero-order valence-corrected chi connectivity index (χ0v) is 10.6. The molecule has 1 fully saturated rings. The van der Waals surface area contributed by atoms with Crippen LogP contribution in [-0.2, 0) is 18.2 Å². The van der Waals surface area contributed by atoms with Crippen molar-refractivity contribution >= 4 is 5.69 Å². The molecular weight excluding hydrogens is 218 g/mol. The van der Waals surface area contributed by atoms with Gasteiger partial charge in [0.1, 0.15) is 5.69 Å². The van der Waals surface area contributed by atoms with E-state index in [-0.39, 0.29) is 0 Å². The highest BCUT2D eigenvalue weighted by Gasteiger charge is 2.19. The molecule has 0 aromatic carbocycles. The molecule has 1 atom stereocenters. The van der Waals surface area contributed by atoms with E-state index in [9.17, 15) is 0 Å². The van der Waals surface area contributed by atoms with Crippen LogP contribution >= 0.6 is 0 Å². The maximum Gasteiger partial charge on any atom is 0.235 e. The smallest absolute Gasteiger partial charge is 0.235 e. The van der Waals surface area contributed by atoms with Crippen LogP contribution < -0.4 is 10.5 Å². The highest BCUT2D eigenvalue weighted by molar-refractivity contribution is 5.53. The van der Waals surface area contributed by atoms with Crippen LogP contribution in [0.2, 0.25) is 0 Å². The molecule has 0 aliphatic carbocycles. The van der Waals surface area contributed by atoms with Crippen molar-refractivity contribution in [2.45, 2.75) is 26.2 Å². The molecular formula is C12H21N3O2. The molecule has 17 heavy (non-hydrogen) atoms. The van der Waals surface area contributed by atoms with Gasteiger partial charge in [-0.3, -0.25) is 0 Å². The number of rotatable bonds is 5. The summed E-state index contributed by atoms with van der Waals surface area (Å²) in [6.07, 6.45) is 3.01. The molecule has 2 N–H and O–H groups in total. The van der Waals surface area contributed by atoms with Gasteiger partial charge in [0, 0.05) is 19.6 Å². The fourth-order valence-electron chi connectivity index (χ4n) is 2.08. The van der Waals surface area contributed by atoms with Crippen LogP contribution in [0.25, 0.3) is 0 Å². The average Bonchev–Trinajstić information content (AvgIpc) is 2.88. The number of nitrogens with zero attached hydrogens (tertiary/aromatic N) is 2. The van der Waals surface area contributed by atoms with E-state index in [0.29, 0.717) is 24.1 Å². The molecule has 5 heteroatoms. The van der Waals surface area contributed by atoms with Gasteiger partial charge >= 0.3 is 0 Å². The van der Waals surface area contributed by atoms with Crippen molar-refractivity contribution in [3.05, 3.63) is 5.69 Å². The number of hydrogen-bond acceptors (Lipinski definition) is 4. The summed E-state index contributed by atoms with van der Waals surface area (Å²) < 4.78 is 12.8. The maximum atomic E-state index is 6.04. The highest BCUT2D eigenvalue weighted by atomic mass is 16.5. The molecule has 1 aliphatic rings. The summed E-state index contributed by atoms with van der Waals surface area (Å²) >= 11 is 0. The second-order valence-electron chi connectivity index (χ2n) is 4.58. The third kappa shape index (κ3) is 2.72. The van der Waals surface area contributed by atoms with Crippen molar-refractivity contribution in [2.24, 2.45) is 13.0 Å². The van der Waals surface area contributed by atoms with Crippen molar-refractivity contribution in [1.82, 2.24) is 9.78 Å². The van der Waals surface area contributed by atoms with Gasteiger partial charge in [0.05, 0.1) is 18.9 Å². The molecule has 5 nitrogen and oxygen atoms in total. The van der Waals surface area contributed by atoms with E-state index in [1.165, 1.54) is 0 Å². The molecule has 2 heterocycles. The number of nitrogen functional groups attached to an aromatic ring is 1. The number of anilines is 1. The molecule has 0 bridgehead atoms. The molecule has 96 valence electrons. The van der Waals surface area contributed by atoms with Gasteiger partial charge in [-0.25, -0.2) is 4.68 Å². The Hall–Kier alpha value is -1.23. The van der Waals surface area contributed by atoms with Crippen molar-refractivity contribution in [3.8, 4) is 5.88 Å². The Balaban J connectivity index is 1.99. The molecule has 1 aromatic rings. The number of aryl methyl sites for hydroxylation is 2. The Bertz CT molecular complexity index is 370. The van der Waals surface area contributed by atoms with E-state index in [1.807, 2.05) is 7.05 Å². The predicted molar refractivity (Wildman–Crippen MR) is 66.0 cm³/mol. The van der Waals surface area contributed by atoms with E-state index in [2.05, 4.69) is 12.0 Å². The van der Waals surface area contributed by atoms with Gasteiger partial charge in [-0.2, -0.15) is 5.10 Å². The lowest BCUT2D eigenvalue weighted by atomic mass is 10.1. The Morgan fingerprint density at radius 3 is 3.06 bits per heavy atom. The van der Waals surface area contributed by atoms with Crippen LogP contribution in [0.15, 0.2) is 0 Å². The van der Waals surface area contributed by atoms with Gasteiger partial charge in [-0.05, 0) is 12.8 Å². The van der Waals surface area contributed by atoms with Gasteiger partial charge in [0.25, 0.3) is 0 Å². The molecule has 1 aliphatic heterocycles. The largest absolute Gasteiger partial charge is 0.476 e. The third-order valence-corrected chi connectivity index (χ3v) is 3.07. The summed E-state index contributed by atoms with van der Waals surface area (Å²) in [7, 11) is 1.87. The molecule has 1 saturated heterocycles. The van der Waals surface area contributed by atoms with Gasteiger partial charge < -0.3 is 15.2 Å². The summed E-state index contributed by atoms with van der Waals surface area (Å²) in [5.74, 6) is 1.18. The van der Waals surface area contributed by atoms with Gasteiger partial charge in [0.15, 0.2) is 0 Å². The van der Waals surface area contributed by atoms with Crippen molar-refractivity contribution in [3.63, 3.8) is 0 Å². The molecule has 1 unspecified atom stereocenters. The van der Waals surface area contributed by atoms with Crippen molar-refractivity contribution in [1.29, 1.82) is 0 Å². The van der Waals surface area contributed by atoms with Crippen LogP contribution in [0.5, 0.6) is 5.88 Å². The monoisotopic (exact) mass is 239 g/mol. The maximum absolute atomic E-state index is 6.04. The average molecular weight is 239 g/mol. The fraction of sp³-hybridized carbons (Fsp3) is 0.750. The summed E-state index contributed by atoms with van der Waals surface area (Å²) in [4.78, 5) is 0. The molecule has 2 rings (SSSR count). The number of aromatic nitrogens is 2. The summed E-state index contributed by atoms with van der Waals surface area (Å²) in [6, 6.07) is 0. The topological polar surface area (TPSA) is 62.3 Å². The first-order chi connectivity index (χ1) is 8.22. The normalized spacial score (nSPS) is 19.8. The van der Waals surface area contributed by atoms with Crippen molar-refractivity contribution in [2.75, 3.05) is 25.6 Å². The SMILES string of the molecule is CCCc1nn(C)c(OCC2CCOC2)c1N. The second kappa shape index (κ2) is 5.40. The standard InChI is InChI=1S/C12H21N3O2/c1-3-4-10-11(13)12(15(2)14-10)17-8-9-5-6-16-7-9/h9H,3-8,13H2,1-2H3. The summed E-state index contributed by atoms with van der Waals surface area (Å²) in [5, 5.41) is 4.38. The number of ether oxygens (including phenoxy) is 2. The van der Waals surface area contributed by atoms with E-state index < -0.39 is 0 Å². The summed E-state index contributed by atoms with van der Waals surface area (Å²) in [5.41, 5.74) is 7.66. The van der Waals surface area contributed by atoms with Gasteiger partial charge in [-0.1, -0.05) is 13.3 Å². The van der Waals surface area contributed by atoms with Crippen LogP contribution in [0.3, 0.4) is 0 Å². The zero-order chi connectivity index (χ0) is 12.3. The predicted octanol–water partition coefficient (Wildman–Crippen LogP) is 1.37. The minimum absolute atomic E-state index is 0.485. The van der Waals surface area contributed by atoms with Crippen LogP contribution in [0.4, 0.5) is 5.69 Å². The fourth-order valence-corrected chi connectivity index (χ4v) is 2.08. The van der Waals surface area contributed by atoms with Gasteiger partial charge in [-0.15, -0.1) is 0 Å². The lowest BCUT2D eigenvalue weighted by Gasteiger charge is -2.10. The minimum atomic E-state index is 0.485. The minimum Gasteiger partial charge on any atom is -0.476 e. The Kier molecular flexibility index (Phi) is 3.89. The molecule has 0 radical (unpaired) electrons.